The van der Waals surface area contributed by atoms with Gasteiger partial charge in [0.25, 0.3) is 0 Å². The summed E-state index contributed by atoms with van der Waals surface area (Å²) in [5.41, 5.74) is 0. The molecule has 7 heavy (non-hydrogen) atoms. The predicted octanol–water partition coefficient (Wildman–Crippen LogP) is 0.467. The Labute approximate surface area is 44.6 Å². The molecule has 0 saturated heterocycles. The zero-order valence-electron chi connectivity index (χ0n) is 5.05. The third kappa shape index (κ3) is 1.59. The summed E-state index contributed by atoms with van der Waals surface area (Å²) in [7, 11) is 0. The standard InChI is InChI=1S/C5H9NO/c1-2-4-7-5-6-3-1/h1,3,6H,2,4-5H2/i5D. The minimum atomic E-state index is -0.561. The molecule has 0 spiro atoms. The van der Waals surface area contributed by atoms with Crippen molar-refractivity contribution in [1.82, 2.24) is 5.32 Å². The third-order valence-electron chi connectivity index (χ3n) is 0.768. The van der Waals surface area contributed by atoms with Crippen LogP contribution in [0.1, 0.15) is 7.79 Å². The maximum atomic E-state index is 7.03. The zero-order valence-corrected chi connectivity index (χ0v) is 4.05. The van der Waals surface area contributed by atoms with Gasteiger partial charge in [-0.25, -0.2) is 0 Å². The molecule has 1 unspecified atom stereocenters. The SMILES string of the molecule is [2H]C1NC=CCCO1. The Morgan fingerprint density at radius 3 is 3.86 bits per heavy atom. The third-order valence-corrected chi connectivity index (χ3v) is 0.768. The van der Waals surface area contributed by atoms with Crippen LogP contribution >= 0.6 is 0 Å². The van der Waals surface area contributed by atoms with Crippen LogP contribution in [-0.4, -0.2) is 13.3 Å². The fourth-order valence-electron chi connectivity index (χ4n) is 0.434. The van der Waals surface area contributed by atoms with Crippen LogP contribution in [0.25, 0.3) is 0 Å². The van der Waals surface area contributed by atoms with Gasteiger partial charge < -0.3 is 10.1 Å². The van der Waals surface area contributed by atoms with Crippen molar-refractivity contribution in [1.29, 1.82) is 0 Å². The van der Waals surface area contributed by atoms with E-state index in [9.17, 15) is 0 Å². The number of hydrogen-bond acceptors (Lipinski definition) is 2. The van der Waals surface area contributed by atoms with E-state index >= 15 is 0 Å². The molecule has 40 valence electrons. The molecule has 0 radical (unpaired) electrons. The minimum Gasteiger partial charge on any atom is -0.369 e. The Hall–Kier alpha value is -0.500. The molecule has 2 nitrogen and oxygen atoms in total. The molecule has 1 heterocycles. The summed E-state index contributed by atoms with van der Waals surface area (Å²) in [4.78, 5) is 0. The van der Waals surface area contributed by atoms with Gasteiger partial charge >= 0.3 is 0 Å². The first-order chi connectivity index (χ1) is 3.89. The Morgan fingerprint density at radius 1 is 1.86 bits per heavy atom. The van der Waals surface area contributed by atoms with Crippen molar-refractivity contribution in [2.45, 2.75) is 6.42 Å². The molecule has 1 aliphatic rings. The van der Waals surface area contributed by atoms with Crippen molar-refractivity contribution in [2.75, 3.05) is 13.3 Å². The lowest BCUT2D eigenvalue weighted by atomic mass is 10.4. The number of hydrogen-bond donors (Lipinski definition) is 1. The lowest BCUT2D eigenvalue weighted by molar-refractivity contribution is 0.135. The van der Waals surface area contributed by atoms with Gasteiger partial charge in [-0.1, -0.05) is 6.08 Å². The van der Waals surface area contributed by atoms with E-state index in [1.165, 1.54) is 0 Å². The molecule has 0 aromatic heterocycles. The van der Waals surface area contributed by atoms with Gasteiger partial charge in [0.1, 0.15) is 6.71 Å². The highest BCUT2D eigenvalue weighted by Gasteiger charge is 1.85. The smallest absolute Gasteiger partial charge is 0.116 e. The highest BCUT2D eigenvalue weighted by atomic mass is 16.5. The van der Waals surface area contributed by atoms with Crippen LogP contribution < -0.4 is 5.32 Å². The monoisotopic (exact) mass is 100 g/mol. The molecule has 0 amide bonds. The summed E-state index contributed by atoms with van der Waals surface area (Å²) in [6.45, 7) is 0.0891. The molecule has 0 aromatic carbocycles. The van der Waals surface area contributed by atoms with E-state index in [0.717, 1.165) is 6.42 Å². The van der Waals surface area contributed by atoms with Crippen LogP contribution in [0.5, 0.6) is 0 Å². The first-order valence-corrected chi connectivity index (χ1v) is 2.34. The molecule has 0 aliphatic carbocycles. The molecule has 0 aromatic rings. The van der Waals surface area contributed by atoms with Gasteiger partial charge in [-0.2, -0.15) is 0 Å². The largest absolute Gasteiger partial charge is 0.369 e. The van der Waals surface area contributed by atoms with Gasteiger partial charge in [-0.3, -0.25) is 0 Å². The van der Waals surface area contributed by atoms with Crippen molar-refractivity contribution in [2.24, 2.45) is 0 Å². The van der Waals surface area contributed by atoms with Crippen LogP contribution in [0.2, 0.25) is 0 Å². The van der Waals surface area contributed by atoms with E-state index in [0.29, 0.717) is 6.61 Å². The summed E-state index contributed by atoms with van der Waals surface area (Å²) in [6, 6.07) is 0. The molecular formula is C5H9NO. The van der Waals surface area contributed by atoms with Crippen LogP contribution in [0.15, 0.2) is 12.3 Å². The molecule has 1 N–H and O–H groups in total. The highest BCUT2D eigenvalue weighted by Crippen LogP contribution is 1.86. The maximum Gasteiger partial charge on any atom is 0.116 e. The second kappa shape index (κ2) is 2.64. The zero-order chi connectivity index (χ0) is 5.82. The van der Waals surface area contributed by atoms with Crippen molar-refractivity contribution in [3.63, 3.8) is 0 Å². The Balaban J connectivity index is 2.30. The Morgan fingerprint density at radius 2 is 2.86 bits per heavy atom. The molecule has 1 rings (SSSR count). The Bertz CT molecular complexity index is 94.4. The summed E-state index contributed by atoms with van der Waals surface area (Å²) in [6.07, 6.45) is 4.61. The molecule has 2 heteroatoms. The van der Waals surface area contributed by atoms with Crippen LogP contribution in [0.3, 0.4) is 0 Å². The van der Waals surface area contributed by atoms with E-state index in [2.05, 4.69) is 5.32 Å². The first kappa shape index (κ1) is 3.50. The average Bonchev–Trinajstić information content (AvgIpc) is 1.94. The average molecular weight is 100 g/mol. The van der Waals surface area contributed by atoms with Crippen molar-refractivity contribution >= 4 is 0 Å². The molecule has 0 fully saturated rings. The summed E-state index contributed by atoms with van der Waals surface area (Å²) < 4.78 is 11.9. The molecule has 0 bridgehead atoms. The molecular weight excluding hydrogens is 90.1 g/mol. The highest BCUT2D eigenvalue weighted by molar-refractivity contribution is 4.79. The van der Waals surface area contributed by atoms with E-state index in [-0.39, 0.29) is 0 Å². The Kier molecular flexibility index (Phi) is 1.32. The van der Waals surface area contributed by atoms with Gasteiger partial charge in [0.15, 0.2) is 0 Å². The van der Waals surface area contributed by atoms with Crippen molar-refractivity contribution < 1.29 is 6.11 Å². The van der Waals surface area contributed by atoms with E-state index < -0.39 is 6.71 Å². The van der Waals surface area contributed by atoms with E-state index in [1.54, 1.807) is 6.20 Å². The van der Waals surface area contributed by atoms with E-state index in [1.807, 2.05) is 6.08 Å². The van der Waals surface area contributed by atoms with Crippen LogP contribution in [0.4, 0.5) is 0 Å². The number of rotatable bonds is 0. The van der Waals surface area contributed by atoms with Crippen molar-refractivity contribution in [3.8, 4) is 0 Å². The van der Waals surface area contributed by atoms with Gasteiger partial charge in [0.05, 0.1) is 7.98 Å². The number of nitrogens with one attached hydrogen (secondary N) is 1. The minimum absolute atomic E-state index is 0.561. The first-order valence-electron chi connectivity index (χ1n) is 2.92. The fourth-order valence-corrected chi connectivity index (χ4v) is 0.434. The lowest BCUT2D eigenvalue weighted by Crippen LogP contribution is -2.07. The summed E-state index contributed by atoms with van der Waals surface area (Å²) in [5, 5.41) is 2.71. The molecule has 1 aliphatic heterocycles. The summed E-state index contributed by atoms with van der Waals surface area (Å²) >= 11 is 0. The van der Waals surface area contributed by atoms with Gasteiger partial charge in [0.2, 0.25) is 0 Å². The second-order valence-corrected chi connectivity index (χ2v) is 1.35. The maximum absolute atomic E-state index is 7.03. The fraction of sp³-hybridized carbons (Fsp3) is 0.600. The van der Waals surface area contributed by atoms with E-state index in [4.69, 9.17) is 6.11 Å². The normalized spacial score (nSPS) is 33.1. The van der Waals surface area contributed by atoms with Gasteiger partial charge in [-0.05, 0) is 12.6 Å². The second-order valence-electron chi connectivity index (χ2n) is 1.35. The van der Waals surface area contributed by atoms with Crippen molar-refractivity contribution in [3.05, 3.63) is 12.3 Å². The quantitative estimate of drug-likeness (QED) is 0.477. The lowest BCUT2D eigenvalue weighted by Gasteiger charge is -1.94. The molecule has 1 atom stereocenters. The predicted molar refractivity (Wildman–Crippen MR) is 27.7 cm³/mol. The van der Waals surface area contributed by atoms with Gasteiger partial charge in [-0.15, -0.1) is 0 Å². The number of ether oxygens (including phenoxy) is 1. The summed E-state index contributed by atoms with van der Waals surface area (Å²) in [5.74, 6) is 0. The topological polar surface area (TPSA) is 21.3 Å². The molecule has 0 saturated carbocycles. The van der Waals surface area contributed by atoms with Gasteiger partial charge in [0, 0.05) is 0 Å². The van der Waals surface area contributed by atoms with Crippen LogP contribution in [0, 0.1) is 0 Å². The van der Waals surface area contributed by atoms with Crippen LogP contribution in [-0.2, 0) is 4.74 Å².